The van der Waals surface area contributed by atoms with Gasteiger partial charge in [-0.15, -0.1) is 0 Å². The van der Waals surface area contributed by atoms with Gasteiger partial charge in [0, 0.05) is 31.3 Å². The minimum Gasteiger partial charge on any atom is -0.508 e. The van der Waals surface area contributed by atoms with Crippen LogP contribution in [0.3, 0.4) is 0 Å². The van der Waals surface area contributed by atoms with Gasteiger partial charge in [-0.2, -0.15) is 4.31 Å². The Labute approximate surface area is 209 Å². The fraction of sp³-hybridized carbons (Fsp3) is 0.429. The van der Waals surface area contributed by atoms with Crippen molar-refractivity contribution in [2.24, 2.45) is 5.92 Å². The lowest BCUT2D eigenvalue weighted by molar-refractivity contribution is 0.362. The smallest absolute Gasteiger partial charge is 0.211 e. The van der Waals surface area contributed by atoms with Crippen molar-refractivity contribution in [3.05, 3.63) is 77.7 Å². The van der Waals surface area contributed by atoms with Crippen LogP contribution in [0.15, 0.2) is 60.8 Å². The van der Waals surface area contributed by atoms with Gasteiger partial charge in [0.05, 0.1) is 11.9 Å². The molecule has 0 amide bonds. The molecule has 7 heteroatoms. The molecule has 1 aliphatic carbocycles. The molecule has 186 valence electrons. The monoisotopic (exact) mass is 493 g/mol. The van der Waals surface area contributed by atoms with E-state index in [1.165, 1.54) is 37.5 Å². The number of aromatic nitrogens is 2. The molecule has 0 atom stereocenters. The molecular weight excluding hydrogens is 458 g/mol. The number of benzene rings is 2. The van der Waals surface area contributed by atoms with Crippen molar-refractivity contribution in [2.75, 3.05) is 12.8 Å². The highest BCUT2D eigenvalue weighted by Gasteiger charge is 2.21. The first-order valence-corrected chi connectivity index (χ1v) is 14.4. The van der Waals surface area contributed by atoms with Gasteiger partial charge in [-0.05, 0) is 60.6 Å². The van der Waals surface area contributed by atoms with Crippen LogP contribution in [0.2, 0.25) is 0 Å². The fourth-order valence-electron chi connectivity index (χ4n) is 4.81. The van der Waals surface area contributed by atoms with E-state index >= 15 is 0 Å². The van der Waals surface area contributed by atoms with Crippen LogP contribution >= 0.6 is 0 Å². The molecule has 1 aliphatic rings. The molecule has 0 bridgehead atoms. The minimum absolute atomic E-state index is 0.278. The predicted molar refractivity (Wildman–Crippen MR) is 139 cm³/mol. The van der Waals surface area contributed by atoms with E-state index in [0.717, 1.165) is 48.3 Å². The SMILES string of the molecule is CS(=O)(=O)N(CCC1CCCC1)Cc1cccc(-c2ccnc(CCCc3ccc(O)cc3)n2)c1. The molecule has 35 heavy (non-hydrogen) atoms. The molecule has 1 N–H and O–H groups in total. The second kappa shape index (κ2) is 11.8. The number of hydrogen-bond donors (Lipinski definition) is 1. The van der Waals surface area contributed by atoms with Crippen molar-refractivity contribution in [1.82, 2.24) is 14.3 Å². The third-order valence-corrected chi connectivity index (χ3v) is 8.07. The van der Waals surface area contributed by atoms with Gasteiger partial charge in [-0.3, -0.25) is 0 Å². The van der Waals surface area contributed by atoms with E-state index in [-0.39, 0.29) is 5.75 Å². The zero-order valence-electron chi connectivity index (χ0n) is 20.4. The normalized spacial score (nSPS) is 14.6. The van der Waals surface area contributed by atoms with Gasteiger partial charge in [-0.25, -0.2) is 18.4 Å². The Morgan fingerprint density at radius 2 is 1.77 bits per heavy atom. The first-order chi connectivity index (χ1) is 16.9. The highest BCUT2D eigenvalue weighted by atomic mass is 32.2. The summed E-state index contributed by atoms with van der Waals surface area (Å²) in [4.78, 5) is 9.20. The Morgan fingerprint density at radius 3 is 2.51 bits per heavy atom. The highest BCUT2D eigenvalue weighted by Crippen LogP contribution is 2.28. The average Bonchev–Trinajstić information content (AvgIpc) is 3.36. The Kier molecular flexibility index (Phi) is 8.52. The standard InChI is InChI=1S/C28H35N3O3S/c1-35(33,34)31(19-17-22-6-2-3-7-22)21-24-9-4-10-25(20-24)27-16-18-29-28(30-27)11-5-8-23-12-14-26(32)15-13-23/h4,9-10,12-16,18,20,22,32H,2-3,5-8,11,17,19,21H2,1H3. The zero-order valence-corrected chi connectivity index (χ0v) is 21.3. The highest BCUT2D eigenvalue weighted by molar-refractivity contribution is 7.88. The number of nitrogens with zero attached hydrogens (tertiary/aromatic N) is 3. The van der Waals surface area contributed by atoms with E-state index < -0.39 is 10.0 Å². The lowest BCUT2D eigenvalue weighted by atomic mass is 10.0. The fourth-order valence-corrected chi connectivity index (χ4v) is 5.63. The van der Waals surface area contributed by atoms with Gasteiger partial charge >= 0.3 is 0 Å². The topological polar surface area (TPSA) is 83.4 Å². The van der Waals surface area contributed by atoms with E-state index in [4.69, 9.17) is 4.98 Å². The minimum atomic E-state index is -3.28. The van der Waals surface area contributed by atoms with E-state index in [9.17, 15) is 13.5 Å². The summed E-state index contributed by atoms with van der Waals surface area (Å²) in [7, 11) is -3.28. The summed E-state index contributed by atoms with van der Waals surface area (Å²) in [6.07, 6.45) is 11.6. The molecule has 0 unspecified atom stereocenters. The maximum atomic E-state index is 12.5. The van der Waals surface area contributed by atoms with Crippen LogP contribution in [0.1, 0.15) is 55.5 Å². The number of phenols is 1. The van der Waals surface area contributed by atoms with Crippen LogP contribution in [0.5, 0.6) is 5.75 Å². The van der Waals surface area contributed by atoms with Gasteiger partial charge in [0.25, 0.3) is 0 Å². The van der Waals surface area contributed by atoms with Crippen molar-refractivity contribution in [2.45, 2.75) is 57.9 Å². The largest absolute Gasteiger partial charge is 0.508 e. The summed E-state index contributed by atoms with van der Waals surface area (Å²) < 4.78 is 26.5. The summed E-state index contributed by atoms with van der Waals surface area (Å²) >= 11 is 0. The first kappa shape index (κ1) is 25.3. The lowest BCUT2D eigenvalue weighted by Crippen LogP contribution is -2.31. The number of sulfonamides is 1. The first-order valence-electron chi connectivity index (χ1n) is 12.5. The van der Waals surface area contributed by atoms with E-state index in [1.807, 2.05) is 42.5 Å². The van der Waals surface area contributed by atoms with Gasteiger partial charge in [0.2, 0.25) is 10.0 Å². The number of aromatic hydroxyl groups is 1. The van der Waals surface area contributed by atoms with Crippen LogP contribution in [-0.4, -0.2) is 40.6 Å². The molecule has 4 rings (SSSR count). The number of rotatable bonds is 11. The maximum absolute atomic E-state index is 12.5. The van der Waals surface area contributed by atoms with Crippen molar-refractivity contribution < 1.29 is 13.5 Å². The van der Waals surface area contributed by atoms with Crippen LogP contribution in [0.25, 0.3) is 11.3 Å². The van der Waals surface area contributed by atoms with Crippen molar-refractivity contribution >= 4 is 10.0 Å². The molecule has 1 fully saturated rings. The summed E-state index contributed by atoms with van der Waals surface area (Å²) in [5, 5.41) is 9.43. The van der Waals surface area contributed by atoms with Gasteiger partial charge < -0.3 is 5.11 Å². The van der Waals surface area contributed by atoms with Crippen LogP contribution in [0.4, 0.5) is 0 Å². The number of hydrogen-bond acceptors (Lipinski definition) is 5. The van der Waals surface area contributed by atoms with Crippen LogP contribution in [-0.2, 0) is 29.4 Å². The van der Waals surface area contributed by atoms with Gasteiger partial charge in [-0.1, -0.05) is 56.0 Å². The lowest BCUT2D eigenvalue weighted by Gasteiger charge is -2.22. The third kappa shape index (κ3) is 7.61. The summed E-state index contributed by atoms with van der Waals surface area (Å²) in [6.45, 7) is 0.955. The predicted octanol–water partition coefficient (Wildman–Crippen LogP) is 5.37. The summed E-state index contributed by atoms with van der Waals surface area (Å²) in [6, 6.07) is 17.2. The molecule has 1 heterocycles. The summed E-state index contributed by atoms with van der Waals surface area (Å²) in [5.74, 6) is 1.72. The number of aryl methyl sites for hydroxylation is 2. The molecule has 2 aromatic carbocycles. The average molecular weight is 494 g/mol. The molecule has 1 aromatic heterocycles. The summed E-state index contributed by atoms with van der Waals surface area (Å²) in [5.41, 5.74) is 3.95. The Balaban J connectivity index is 1.40. The molecule has 1 saturated carbocycles. The second-order valence-electron chi connectivity index (χ2n) is 9.61. The quantitative estimate of drug-likeness (QED) is 0.388. The van der Waals surface area contributed by atoms with Crippen LogP contribution in [0, 0.1) is 5.92 Å². The van der Waals surface area contributed by atoms with E-state index in [0.29, 0.717) is 19.0 Å². The zero-order chi connectivity index (χ0) is 24.7. The van der Waals surface area contributed by atoms with Crippen molar-refractivity contribution in [3.63, 3.8) is 0 Å². The third-order valence-electron chi connectivity index (χ3n) is 6.82. The molecule has 0 radical (unpaired) electrons. The molecule has 0 spiro atoms. The van der Waals surface area contributed by atoms with Crippen molar-refractivity contribution in [3.8, 4) is 17.0 Å². The van der Waals surface area contributed by atoms with E-state index in [2.05, 4.69) is 4.98 Å². The maximum Gasteiger partial charge on any atom is 0.211 e. The van der Waals surface area contributed by atoms with Crippen LogP contribution < -0.4 is 0 Å². The Bertz CT molecular complexity index is 1210. The van der Waals surface area contributed by atoms with Gasteiger partial charge in [0.15, 0.2) is 0 Å². The molecular formula is C28H35N3O3S. The molecule has 0 aliphatic heterocycles. The Morgan fingerprint density at radius 1 is 1.00 bits per heavy atom. The second-order valence-corrected chi connectivity index (χ2v) is 11.6. The molecule has 6 nitrogen and oxygen atoms in total. The van der Waals surface area contributed by atoms with Gasteiger partial charge in [0.1, 0.15) is 11.6 Å². The Hall–Kier alpha value is -2.77. The van der Waals surface area contributed by atoms with Crippen molar-refractivity contribution in [1.29, 1.82) is 0 Å². The molecule has 0 saturated heterocycles. The number of phenolic OH excluding ortho intramolecular Hbond substituents is 1. The molecule has 3 aromatic rings. The van der Waals surface area contributed by atoms with E-state index in [1.54, 1.807) is 22.6 Å².